The average molecular weight is 534 g/mol. The van der Waals surface area contributed by atoms with Gasteiger partial charge in [0.1, 0.15) is 22.5 Å². The van der Waals surface area contributed by atoms with Gasteiger partial charge in [-0.2, -0.15) is 4.98 Å². The lowest BCUT2D eigenvalue weighted by Gasteiger charge is -2.34. The Bertz CT molecular complexity index is 1400. The van der Waals surface area contributed by atoms with Crippen LogP contribution in [0, 0.1) is 6.92 Å². The number of nitrogens with zero attached hydrogens (tertiary/aromatic N) is 8. The van der Waals surface area contributed by atoms with Gasteiger partial charge in [0.05, 0.1) is 30.0 Å². The normalized spacial score (nSPS) is 16.8. The smallest absolute Gasteiger partial charge is 0.227 e. The number of rotatable bonds is 7. The summed E-state index contributed by atoms with van der Waals surface area (Å²) in [6.07, 6.45) is 3.71. The molecule has 2 aliphatic rings. The van der Waals surface area contributed by atoms with E-state index >= 15 is 0 Å². The summed E-state index contributed by atoms with van der Waals surface area (Å²) in [4.78, 5) is 30.2. The molecule has 4 aromatic heterocycles. The Labute approximate surface area is 225 Å². The number of fused-ring (bicyclic) bond motifs is 1. The Hall–Kier alpha value is -3.45. The zero-order chi connectivity index (χ0) is 25.9. The number of hydrogen-bond donors (Lipinski definition) is 2. The van der Waals surface area contributed by atoms with Gasteiger partial charge in [0, 0.05) is 81.6 Å². The maximum atomic E-state index is 9.19. The van der Waals surface area contributed by atoms with Crippen molar-refractivity contribution >= 4 is 45.0 Å². The minimum absolute atomic E-state index is 0.185. The molecule has 0 radical (unpaired) electrons. The summed E-state index contributed by atoms with van der Waals surface area (Å²) in [5.41, 5.74) is 2.83. The fraction of sp³-hybridized carbons (Fsp3) is 0.423. The van der Waals surface area contributed by atoms with Gasteiger partial charge in [-0.1, -0.05) is 0 Å². The maximum Gasteiger partial charge on any atom is 0.227 e. The molecule has 6 rings (SSSR count). The van der Waals surface area contributed by atoms with Crippen LogP contribution in [0.15, 0.2) is 36.7 Å². The number of anilines is 4. The van der Waals surface area contributed by atoms with Crippen molar-refractivity contribution < 1.29 is 9.84 Å². The van der Waals surface area contributed by atoms with Gasteiger partial charge < -0.3 is 25.0 Å². The Kier molecular flexibility index (Phi) is 7.27. The second kappa shape index (κ2) is 11.1. The molecule has 2 aliphatic heterocycles. The van der Waals surface area contributed by atoms with Gasteiger partial charge in [0.2, 0.25) is 5.95 Å². The van der Waals surface area contributed by atoms with Crippen LogP contribution in [0.3, 0.4) is 0 Å². The summed E-state index contributed by atoms with van der Waals surface area (Å²) in [6.45, 7) is 9.44. The number of piperazine rings is 1. The first kappa shape index (κ1) is 24.9. The fourth-order valence-electron chi connectivity index (χ4n) is 4.75. The first-order valence-electron chi connectivity index (χ1n) is 12.9. The van der Waals surface area contributed by atoms with Crippen molar-refractivity contribution in [1.29, 1.82) is 0 Å². The minimum Gasteiger partial charge on any atom is -0.395 e. The van der Waals surface area contributed by atoms with Crippen molar-refractivity contribution in [3.63, 3.8) is 0 Å². The molecule has 2 fully saturated rings. The second-order valence-electron chi connectivity index (χ2n) is 9.43. The number of ether oxygens (including phenoxy) is 1. The molecular weight excluding hydrogens is 502 g/mol. The SMILES string of the molecule is Cc1cc(Nc2cc3nc(-c4ccnc(N5CCOCC5)c4)sc3cn2)nc(N2CCN(CCO)CC2)n1. The molecule has 0 unspecified atom stereocenters. The van der Waals surface area contributed by atoms with Crippen LogP contribution in [-0.4, -0.2) is 101 Å². The molecule has 0 atom stereocenters. The van der Waals surface area contributed by atoms with Crippen LogP contribution in [0.25, 0.3) is 20.8 Å². The van der Waals surface area contributed by atoms with Crippen LogP contribution in [0.1, 0.15) is 5.69 Å². The molecule has 11 nitrogen and oxygen atoms in total. The Morgan fingerprint density at radius 1 is 0.947 bits per heavy atom. The van der Waals surface area contributed by atoms with Gasteiger partial charge in [-0.15, -0.1) is 11.3 Å². The summed E-state index contributed by atoms with van der Waals surface area (Å²) in [5.74, 6) is 3.06. The third-order valence-electron chi connectivity index (χ3n) is 6.77. The Balaban J connectivity index is 1.19. The molecule has 4 aromatic rings. The molecule has 0 bridgehead atoms. The minimum atomic E-state index is 0.185. The summed E-state index contributed by atoms with van der Waals surface area (Å²) < 4.78 is 6.50. The zero-order valence-corrected chi connectivity index (χ0v) is 22.2. The summed E-state index contributed by atoms with van der Waals surface area (Å²) in [5, 5.41) is 13.5. The van der Waals surface area contributed by atoms with Crippen molar-refractivity contribution in [2.45, 2.75) is 6.92 Å². The van der Waals surface area contributed by atoms with E-state index in [4.69, 9.17) is 14.7 Å². The highest BCUT2D eigenvalue weighted by Crippen LogP contribution is 2.32. The number of aromatic nitrogens is 5. The summed E-state index contributed by atoms with van der Waals surface area (Å²) in [7, 11) is 0. The lowest BCUT2D eigenvalue weighted by atomic mass is 10.2. The molecule has 6 heterocycles. The van der Waals surface area contributed by atoms with Crippen LogP contribution in [-0.2, 0) is 4.74 Å². The van der Waals surface area contributed by atoms with Crippen molar-refractivity contribution in [2.24, 2.45) is 0 Å². The molecule has 0 aliphatic carbocycles. The molecule has 12 heteroatoms. The zero-order valence-electron chi connectivity index (χ0n) is 21.4. The van der Waals surface area contributed by atoms with Crippen molar-refractivity contribution in [1.82, 2.24) is 29.8 Å². The number of hydrogen-bond acceptors (Lipinski definition) is 12. The van der Waals surface area contributed by atoms with Gasteiger partial charge >= 0.3 is 0 Å². The summed E-state index contributed by atoms with van der Waals surface area (Å²) >= 11 is 1.62. The maximum absolute atomic E-state index is 9.19. The van der Waals surface area contributed by atoms with Crippen LogP contribution >= 0.6 is 11.3 Å². The van der Waals surface area contributed by atoms with Gasteiger partial charge in [0.25, 0.3) is 0 Å². The number of aliphatic hydroxyl groups is 1. The molecule has 198 valence electrons. The van der Waals surface area contributed by atoms with E-state index in [9.17, 15) is 5.11 Å². The lowest BCUT2D eigenvalue weighted by Crippen LogP contribution is -2.47. The Morgan fingerprint density at radius 3 is 2.61 bits per heavy atom. The number of pyridine rings is 2. The predicted molar refractivity (Wildman–Crippen MR) is 149 cm³/mol. The van der Waals surface area contributed by atoms with Gasteiger partial charge in [-0.25, -0.2) is 19.9 Å². The van der Waals surface area contributed by atoms with E-state index in [1.165, 1.54) is 0 Å². The number of nitrogens with one attached hydrogen (secondary N) is 1. The van der Waals surface area contributed by atoms with Gasteiger partial charge in [0.15, 0.2) is 0 Å². The van der Waals surface area contributed by atoms with E-state index in [2.05, 4.69) is 41.0 Å². The number of aliphatic hydroxyl groups excluding tert-OH is 1. The van der Waals surface area contributed by atoms with E-state index in [1.54, 1.807) is 11.3 Å². The summed E-state index contributed by atoms with van der Waals surface area (Å²) in [6, 6.07) is 7.99. The molecule has 38 heavy (non-hydrogen) atoms. The van der Waals surface area contributed by atoms with E-state index in [1.807, 2.05) is 37.5 Å². The third-order valence-corrected chi connectivity index (χ3v) is 7.83. The van der Waals surface area contributed by atoms with Crippen LogP contribution in [0.5, 0.6) is 0 Å². The molecule has 2 saturated heterocycles. The predicted octanol–water partition coefficient (Wildman–Crippen LogP) is 2.55. The first-order valence-corrected chi connectivity index (χ1v) is 13.7. The monoisotopic (exact) mass is 533 g/mol. The van der Waals surface area contributed by atoms with Crippen molar-refractivity contribution in [2.75, 3.05) is 80.8 Å². The average Bonchev–Trinajstić information content (AvgIpc) is 3.38. The molecule has 0 amide bonds. The number of aryl methyl sites for hydroxylation is 1. The fourth-order valence-corrected chi connectivity index (χ4v) is 5.66. The van der Waals surface area contributed by atoms with Crippen LogP contribution in [0.4, 0.5) is 23.4 Å². The largest absolute Gasteiger partial charge is 0.395 e. The van der Waals surface area contributed by atoms with Gasteiger partial charge in [-0.3, -0.25) is 4.90 Å². The number of β-amino-alcohol motifs (C(OH)–C–C–N with tert-alkyl or cyclic N) is 1. The topological polar surface area (TPSA) is 116 Å². The quantitative estimate of drug-likeness (QED) is 0.365. The standard InChI is InChI=1S/C26H31N9O2S/c1-18-14-23(32-26(29-18)35-6-4-33(5-7-35)8-11-36)31-22-16-20-21(17-28-22)38-25(30-20)19-2-3-27-24(15-19)34-9-12-37-13-10-34/h2-3,14-17,36H,4-13H2,1H3,(H,28,29,31,32). The molecule has 0 saturated carbocycles. The van der Waals surface area contributed by atoms with E-state index in [0.717, 1.165) is 84.8 Å². The molecule has 0 spiro atoms. The van der Waals surface area contributed by atoms with Crippen LogP contribution in [0.2, 0.25) is 0 Å². The van der Waals surface area contributed by atoms with Crippen molar-refractivity contribution in [3.8, 4) is 10.6 Å². The second-order valence-corrected chi connectivity index (χ2v) is 10.5. The Morgan fingerprint density at radius 2 is 1.79 bits per heavy atom. The molecule has 2 N–H and O–H groups in total. The molecular formula is C26H31N9O2S. The van der Waals surface area contributed by atoms with E-state index < -0.39 is 0 Å². The van der Waals surface area contributed by atoms with E-state index in [-0.39, 0.29) is 6.61 Å². The number of thiazole rings is 1. The highest BCUT2D eigenvalue weighted by atomic mass is 32.1. The van der Waals surface area contributed by atoms with E-state index in [0.29, 0.717) is 24.1 Å². The molecule has 0 aromatic carbocycles. The van der Waals surface area contributed by atoms with Crippen LogP contribution < -0.4 is 15.1 Å². The first-order chi connectivity index (χ1) is 18.6. The highest BCUT2D eigenvalue weighted by Gasteiger charge is 2.20. The third kappa shape index (κ3) is 5.53. The highest BCUT2D eigenvalue weighted by molar-refractivity contribution is 7.21. The van der Waals surface area contributed by atoms with Gasteiger partial charge in [-0.05, 0) is 19.1 Å². The van der Waals surface area contributed by atoms with Crippen molar-refractivity contribution in [3.05, 3.63) is 42.4 Å². The lowest BCUT2D eigenvalue weighted by molar-refractivity contribution is 0.122. The number of morpholine rings is 1.